The molecule has 0 bridgehead atoms. The van der Waals surface area contributed by atoms with Crippen molar-refractivity contribution in [3.05, 3.63) is 30.1 Å². The van der Waals surface area contributed by atoms with Gasteiger partial charge in [0.25, 0.3) is 0 Å². The maximum Gasteiger partial charge on any atom is 0.243 e. The average Bonchev–Trinajstić information content (AvgIpc) is 2.78. The molecule has 3 rings (SSSR count). The van der Waals surface area contributed by atoms with Gasteiger partial charge in [-0.1, -0.05) is 0 Å². The summed E-state index contributed by atoms with van der Waals surface area (Å²) in [7, 11) is -3.52. The van der Waals surface area contributed by atoms with Crippen molar-refractivity contribution in [3.8, 4) is 0 Å². The summed E-state index contributed by atoms with van der Waals surface area (Å²) in [5.41, 5.74) is 0. The van der Waals surface area contributed by atoms with Crippen LogP contribution in [0.5, 0.6) is 0 Å². The average molecular weight is 299 g/mol. The van der Waals surface area contributed by atoms with Gasteiger partial charge in [0.2, 0.25) is 10.0 Å². The monoisotopic (exact) mass is 299 g/mol. The molecular weight excluding hydrogens is 281 g/mol. The summed E-state index contributed by atoms with van der Waals surface area (Å²) < 4.78 is 45.3. The molecule has 1 aromatic carbocycles. The Kier molecular flexibility index (Phi) is 3.56. The predicted octanol–water partition coefficient (Wildman–Crippen LogP) is 2.01. The molecule has 4 nitrogen and oxygen atoms in total. The largest absolute Gasteiger partial charge is 0.375 e. The van der Waals surface area contributed by atoms with Crippen molar-refractivity contribution in [2.75, 3.05) is 13.1 Å². The number of ether oxygens (including phenoxy) is 1. The van der Waals surface area contributed by atoms with E-state index < -0.39 is 15.8 Å². The Bertz CT molecular complexity index is 587. The number of hydrogen-bond donors (Lipinski definition) is 0. The highest BCUT2D eigenvalue weighted by Gasteiger charge is 2.40. The van der Waals surface area contributed by atoms with E-state index in [2.05, 4.69) is 0 Å². The molecule has 6 heteroatoms. The Morgan fingerprint density at radius 2 is 2.00 bits per heavy atom. The second kappa shape index (κ2) is 5.09. The molecule has 0 amide bonds. The third-order valence-corrected chi connectivity index (χ3v) is 6.00. The van der Waals surface area contributed by atoms with Crippen LogP contribution in [-0.2, 0) is 14.8 Å². The molecule has 0 aromatic heterocycles. The molecule has 3 atom stereocenters. The highest BCUT2D eigenvalue weighted by Crippen LogP contribution is 2.34. The first-order valence-electron chi connectivity index (χ1n) is 6.88. The van der Waals surface area contributed by atoms with Crippen molar-refractivity contribution in [3.63, 3.8) is 0 Å². The lowest BCUT2D eigenvalue weighted by molar-refractivity contribution is 0.0206. The van der Waals surface area contributed by atoms with E-state index in [1.165, 1.54) is 28.6 Å². The molecule has 0 radical (unpaired) electrons. The molecule has 20 heavy (non-hydrogen) atoms. The third-order valence-electron chi connectivity index (χ3n) is 4.12. The highest BCUT2D eigenvalue weighted by molar-refractivity contribution is 7.89. The van der Waals surface area contributed by atoms with Crippen LogP contribution in [0.4, 0.5) is 4.39 Å². The van der Waals surface area contributed by atoms with E-state index in [0.717, 1.165) is 12.8 Å². The van der Waals surface area contributed by atoms with E-state index in [1.54, 1.807) is 0 Å². The smallest absolute Gasteiger partial charge is 0.243 e. The molecule has 2 aliphatic heterocycles. The van der Waals surface area contributed by atoms with E-state index in [4.69, 9.17) is 4.74 Å². The van der Waals surface area contributed by atoms with E-state index in [9.17, 15) is 12.8 Å². The molecule has 0 saturated carbocycles. The number of piperidine rings is 1. The summed E-state index contributed by atoms with van der Waals surface area (Å²) in [5.74, 6) is -0.158. The SMILES string of the molecule is C[C@@H]1C[C@@H]2CN(S(=O)(=O)c3ccc(F)cc3)CC[C@H]2O1. The van der Waals surface area contributed by atoms with Gasteiger partial charge in [-0.05, 0) is 44.0 Å². The Labute approximate surface area is 118 Å². The Morgan fingerprint density at radius 1 is 1.30 bits per heavy atom. The van der Waals surface area contributed by atoms with Crippen molar-refractivity contribution < 1.29 is 17.5 Å². The molecule has 2 heterocycles. The van der Waals surface area contributed by atoms with Gasteiger partial charge in [0, 0.05) is 19.0 Å². The van der Waals surface area contributed by atoms with Crippen molar-refractivity contribution >= 4 is 10.0 Å². The Morgan fingerprint density at radius 3 is 2.70 bits per heavy atom. The topological polar surface area (TPSA) is 46.6 Å². The van der Waals surface area contributed by atoms with Crippen LogP contribution in [0.3, 0.4) is 0 Å². The van der Waals surface area contributed by atoms with Gasteiger partial charge in [-0.25, -0.2) is 12.8 Å². The molecule has 2 fully saturated rings. The second-order valence-electron chi connectivity index (χ2n) is 5.59. The fourth-order valence-electron chi connectivity index (χ4n) is 3.14. The van der Waals surface area contributed by atoms with Crippen LogP contribution in [0, 0.1) is 11.7 Å². The molecule has 0 N–H and O–H groups in total. The van der Waals surface area contributed by atoms with Crippen LogP contribution >= 0.6 is 0 Å². The number of rotatable bonds is 2. The minimum atomic E-state index is -3.52. The van der Waals surface area contributed by atoms with Gasteiger partial charge in [-0.15, -0.1) is 0 Å². The molecule has 2 saturated heterocycles. The molecule has 110 valence electrons. The summed E-state index contributed by atoms with van der Waals surface area (Å²) in [6, 6.07) is 5.01. The lowest BCUT2D eigenvalue weighted by Crippen LogP contribution is -2.44. The zero-order valence-electron chi connectivity index (χ0n) is 11.3. The van der Waals surface area contributed by atoms with Crippen LogP contribution < -0.4 is 0 Å². The van der Waals surface area contributed by atoms with Gasteiger partial charge in [0.15, 0.2) is 0 Å². The Hall–Kier alpha value is -0.980. The molecule has 0 spiro atoms. The molecular formula is C14H18FNO3S. The number of benzene rings is 1. The summed E-state index contributed by atoms with van der Waals surface area (Å²) >= 11 is 0. The van der Waals surface area contributed by atoms with Gasteiger partial charge < -0.3 is 4.74 Å². The van der Waals surface area contributed by atoms with Crippen LogP contribution in [0.25, 0.3) is 0 Å². The number of sulfonamides is 1. The summed E-state index contributed by atoms with van der Waals surface area (Å²) in [6.07, 6.45) is 2.03. The first-order chi connectivity index (χ1) is 9.46. The van der Waals surface area contributed by atoms with Crippen LogP contribution in [-0.4, -0.2) is 38.0 Å². The van der Waals surface area contributed by atoms with Crippen LogP contribution in [0.1, 0.15) is 19.8 Å². The van der Waals surface area contributed by atoms with Crippen LogP contribution in [0.15, 0.2) is 29.2 Å². The number of hydrogen-bond acceptors (Lipinski definition) is 3. The van der Waals surface area contributed by atoms with Gasteiger partial charge in [-0.2, -0.15) is 4.31 Å². The quantitative estimate of drug-likeness (QED) is 0.839. The van der Waals surface area contributed by atoms with E-state index >= 15 is 0 Å². The lowest BCUT2D eigenvalue weighted by atomic mass is 9.94. The van der Waals surface area contributed by atoms with Gasteiger partial charge in [0.05, 0.1) is 17.1 Å². The maximum atomic E-state index is 12.9. The standard InChI is InChI=1S/C14H18FNO3S/c1-10-8-11-9-16(7-6-14(11)19-10)20(17,18)13-4-2-12(15)3-5-13/h2-5,10-11,14H,6-9H2,1H3/t10-,11-,14-/m1/s1. The van der Waals surface area contributed by atoms with Crippen molar-refractivity contribution in [1.29, 1.82) is 0 Å². The number of fused-ring (bicyclic) bond motifs is 1. The lowest BCUT2D eigenvalue weighted by Gasteiger charge is -2.33. The van der Waals surface area contributed by atoms with Gasteiger partial charge in [0.1, 0.15) is 5.82 Å². The second-order valence-corrected chi connectivity index (χ2v) is 7.52. The number of halogens is 1. The zero-order valence-corrected chi connectivity index (χ0v) is 12.1. The minimum Gasteiger partial charge on any atom is -0.375 e. The first kappa shape index (κ1) is 14.0. The molecule has 2 aliphatic rings. The molecule has 0 aliphatic carbocycles. The van der Waals surface area contributed by atoms with Crippen LogP contribution in [0.2, 0.25) is 0 Å². The highest BCUT2D eigenvalue weighted by atomic mass is 32.2. The minimum absolute atomic E-state index is 0.157. The fraction of sp³-hybridized carbons (Fsp3) is 0.571. The van der Waals surface area contributed by atoms with Crippen molar-refractivity contribution in [2.45, 2.75) is 36.9 Å². The summed E-state index contributed by atoms with van der Waals surface area (Å²) in [6.45, 7) is 2.99. The zero-order chi connectivity index (χ0) is 14.3. The molecule has 0 unspecified atom stereocenters. The third kappa shape index (κ3) is 2.47. The summed E-state index contributed by atoms with van der Waals surface area (Å²) in [5, 5.41) is 0. The number of nitrogens with zero attached hydrogens (tertiary/aromatic N) is 1. The predicted molar refractivity (Wildman–Crippen MR) is 72.2 cm³/mol. The summed E-state index contributed by atoms with van der Waals surface area (Å²) in [4.78, 5) is 0.157. The first-order valence-corrected chi connectivity index (χ1v) is 8.32. The van der Waals surface area contributed by atoms with Gasteiger partial charge in [-0.3, -0.25) is 0 Å². The van der Waals surface area contributed by atoms with E-state index in [1.807, 2.05) is 6.92 Å². The maximum absolute atomic E-state index is 12.9. The van der Waals surface area contributed by atoms with Gasteiger partial charge >= 0.3 is 0 Å². The van der Waals surface area contributed by atoms with Crippen molar-refractivity contribution in [1.82, 2.24) is 4.31 Å². The normalized spacial score (nSPS) is 31.2. The fourth-order valence-corrected chi connectivity index (χ4v) is 4.65. The Balaban J connectivity index is 1.80. The van der Waals surface area contributed by atoms with Crippen molar-refractivity contribution in [2.24, 2.45) is 5.92 Å². The van der Waals surface area contributed by atoms with E-state index in [-0.39, 0.29) is 23.0 Å². The molecule has 1 aromatic rings. The van der Waals surface area contributed by atoms with E-state index in [0.29, 0.717) is 13.1 Å².